The number of halogens is 1. The fraction of sp³-hybridized carbons (Fsp3) is 0.333. The third kappa shape index (κ3) is 4.82. The van der Waals surface area contributed by atoms with Crippen LogP contribution in [0.5, 0.6) is 0 Å². The number of rotatable bonds is 8. The summed E-state index contributed by atoms with van der Waals surface area (Å²) in [5.41, 5.74) is 0.722. The molecule has 1 heterocycles. The van der Waals surface area contributed by atoms with E-state index in [0.29, 0.717) is 18.8 Å². The number of hydrogen-bond donors (Lipinski definition) is 1. The summed E-state index contributed by atoms with van der Waals surface area (Å²) in [7, 11) is 0. The number of carbonyl (C=O) groups is 1. The summed E-state index contributed by atoms with van der Waals surface area (Å²) < 4.78 is 15.2. The van der Waals surface area contributed by atoms with E-state index in [2.05, 4.69) is 33.0 Å². The second-order valence-electron chi connectivity index (χ2n) is 7.34. The fourth-order valence-electron chi connectivity index (χ4n) is 3.26. The van der Waals surface area contributed by atoms with Gasteiger partial charge in [-0.25, -0.2) is 9.07 Å². The Hall–Kier alpha value is -2.74. The minimum absolute atomic E-state index is 0.0378. The molecule has 1 aliphatic rings. The van der Waals surface area contributed by atoms with Crippen LogP contribution in [0.25, 0.3) is 0 Å². The monoisotopic (exact) mass is 411 g/mol. The lowest BCUT2D eigenvalue weighted by Gasteiger charge is -2.21. The Bertz CT molecular complexity index is 990. The zero-order valence-electron chi connectivity index (χ0n) is 16.1. The van der Waals surface area contributed by atoms with Gasteiger partial charge >= 0.3 is 0 Å². The molecule has 1 N–H and O–H groups in total. The van der Waals surface area contributed by atoms with E-state index in [0.717, 1.165) is 18.4 Å². The van der Waals surface area contributed by atoms with E-state index in [1.54, 1.807) is 30.8 Å². The first-order valence-electron chi connectivity index (χ1n) is 9.55. The first-order chi connectivity index (χ1) is 14.0. The van der Waals surface area contributed by atoms with Gasteiger partial charge in [0.15, 0.2) is 0 Å². The van der Waals surface area contributed by atoms with E-state index in [1.165, 1.54) is 21.7 Å². The quantitative estimate of drug-likeness (QED) is 0.615. The zero-order chi connectivity index (χ0) is 20.3. The van der Waals surface area contributed by atoms with Crippen LogP contribution in [-0.4, -0.2) is 37.4 Å². The maximum atomic E-state index is 13.6. The number of benzene rings is 2. The topological polar surface area (TPSA) is 72.7 Å². The van der Waals surface area contributed by atoms with Crippen LogP contribution >= 0.6 is 11.8 Å². The second kappa shape index (κ2) is 8.32. The lowest BCUT2D eigenvalue weighted by atomic mass is 10.0. The molecule has 1 atom stereocenters. The van der Waals surface area contributed by atoms with Crippen molar-refractivity contribution in [1.29, 1.82) is 0 Å². The van der Waals surface area contributed by atoms with Crippen LogP contribution in [0, 0.1) is 12.7 Å². The highest BCUT2D eigenvalue weighted by atomic mass is 32.2. The molecule has 1 saturated carbocycles. The summed E-state index contributed by atoms with van der Waals surface area (Å²) in [6.07, 6.45) is 2.44. The van der Waals surface area contributed by atoms with E-state index in [4.69, 9.17) is 0 Å². The average molecular weight is 412 g/mol. The Labute approximate surface area is 172 Å². The molecule has 1 aromatic heterocycles. The number of nitrogens with one attached hydrogen (secondary N) is 1. The minimum Gasteiger partial charge on any atom is -0.353 e. The molecule has 1 amide bonds. The summed E-state index contributed by atoms with van der Waals surface area (Å²) in [6, 6.07) is 15.8. The molecule has 29 heavy (non-hydrogen) atoms. The summed E-state index contributed by atoms with van der Waals surface area (Å²) in [5.74, 6) is 0.0530. The van der Waals surface area contributed by atoms with Crippen molar-refractivity contribution in [3.63, 3.8) is 0 Å². The third-order valence-electron chi connectivity index (χ3n) is 5.04. The SMILES string of the molecule is Cc1nnnn1C(Cc1cccc(F)c1)C(=O)NCC1(Sc2ccccc2)CC1. The van der Waals surface area contributed by atoms with Gasteiger partial charge < -0.3 is 5.32 Å². The van der Waals surface area contributed by atoms with E-state index < -0.39 is 6.04 Å². The van der Waals surface area contributed by atoms with Crippen molar-refractivity contribution < 1.29 is 9.18 Å². The van der Waals surface area contributed by atoms with Crippen LogP contribution < -0.4 is 5.32 Å². The predicted octanol–water partition coefficient (Wildman–Crippen LogP) is 3.35. The molecular formula is C21H22FN5OS. The first-order valence-corrected chi connectivity index (χ1v) is 10.4. The third-order valence-corrected chi connectivity index (χ3v) is 6.54. The Morgan fingerprint density at radius 2 is 2.03 bits per heavy atom. The molecule has 0 radical (unpaired) electrons. The number of thioether (sulfide) groups is 1. The van der Waals surface area contributed by atoms with E-state index in [1.807, 2.05) is 18.2 Å². The van der Waals surface area contributed by atoms with Gasteiger partial charge in [-0.15, -0.1) is 16.9 Å². The average Bonchev–Trinajstić information content (AvgIpc) is 3.35. The van der Waals surface area contributed by atoms with Gasteiger partial charge in [-0.2, -0.15) is 0 Å². The number of nitrogens with zero attached hydrogens (tertiary/aromatic N) is 4. The molecule has 1 aliphatic carbocycles. The van der Waals surface area contributed by atoms with Gasteiger partial charge in [0, 0.05) is 22.6 Å². The largest absolute Gasteiger partial charge is 0.353 e. The lowest BCUT2D eigenvalue weighted by molar-refractivity contribution is -0.124. The van der Waals surface area contributed by atoms with Gasteiger partial charge in [-0.05, 0) is 60.0 Å². The van der Waals surface area contributed by atoms with Crippen molar-refractivity contribution in [1.82, 2.24) is 25.5 Å². The molecule has 1 unspecified atom stereocenters. The molecule has 150 valence electrons. The minimum atomic E-state index is -0.635. The van der Waals surface area contributed by atoms with Crippen molar-refractivity contribution in [2.45, 2.75) is 41.9 Å². The summed E-state index contributed by atoms with van der Waals surface area (Å²) in [6.45, 7) is 2.33. The maximum absolute atomic E-state index is 13.6. The molecule has 1 fully saturated rings. The molecular weight excluding hydrogens is 389 g/mol. The van der Waals surface area contributed by atoms with Gasteiger partial charge in [0.1, 0.15) is 17.7 Å². The van der Waals surface area contributed by atoms with E-state index in [-0.39, 0.29) is 16.5 Å². The maximum Gasteiger partial charge on any atom is 0.245 e. The molecule has 3 aromatic rings. The van der Waals surface area contributed by atoms with Crippen LogP contribution in [0.4, 0.5) is 4.39 Å². The highest BCUT2D eigenvalue weighted by Gasteiger charge is 2.44. The van der Waals surface area contributed by atoms with Crippen LogP contribution in [0.2, 0.25) is 0 Å². The Balaban J connectivity index is 1.46. The number of hydrogen-bond acceptors (Lipinski definition) is 5. The number of tetrazole rings is 1. The van der Waals surface area contributed by atoms with Gasteiger partial charge in [0.2, 0.25) is 5.91 Å². The molecule has 0 bridgehead atoms. The van der Waals surface area contributed by atoms with Crippen LogP contribution in [-0.2, 0) is 11.2 Å². The van der Waals surface area contributed by atoms with E-state index in [9.17, 15) is 9.18 Å². The number of amides is 1. The van der Waals surface area contributed by atoms with Crippen LogP contribution in [0.15, 0.2) is 59.5 Å². The van der Waals surface area contributed by atoms with Crippen LogP contribution in [0.3, 0.4) is 0 Å². The van der Waals surface area contributed by atoms with Gasteiger partial charge in [-0.1, -0.05) is 30.3 Å². The lowest BCUT2D eigenvalue weighted by Crippen LogP contribution is -2.39. The highest BCUT2D eigenvalue weighted by molar-refractivity contribution is 8.01. The standard InChI is InChI=1S/C21H22FN5OS/c1-15-24-25-26-27(15)19(13-16-6-5-7-17(22)12-16)20(28)23-14-21(10-11-21)29-18-8-3-2-4-9-18/h2-9,12,19H,10-11,13-14H2,1H3,(H,23,28). The molecule has 0 spiro atoms. The normalized spacial score (nSPS) is 15.7. The summed E-state index contributed by atoms with van der Waals surface area (Å²) in [4.78, 5) is 14.3. The Morgan fingerprint density at radius 3 is 2.69 bits per heavy atom. The van der Waals surface area contributed by atoms with Gasteiger partial charge in [0.25, 0.3) is 0 Å². The molecule has 0 saturated heterocycles. The Kier molecular flexibility index (Phi) is 5.62. The predicted molar refractivity (Wildman–Crippen MR) is 109 cm³/mol. The molecule has 8 heteroatoms. The van der Waals surface area contributed by atoms with Crippen molar-refractivity contribution in [2.75, 3.05) is 6.54 Å². The van der Waals surface area contributed by atoms with Gasteiger partial charge in [0.05, 0.1) is 0 Å². The highest BCUT2D eigenvalue weighted by Crippen LogP contribution is 2.51. The van der Waals surface area contributed by atoms with Crippen molar-refractivity contribution in [3.8, 4) is 0 Å². The second-order valence-corrected chi connectivity index (χ2v) is 8.88. The number of aromatic nitrogens is 4. The van der Waals surface area contributed by atoms with Crippen LogP contribution in [0.1, 0.15) is 30.3 Å². The smallest absolute Gasteiger partial charge is 0.245 e. The fourth-order valence-corrected chi connectivity index (χ4v) is 4.51. The van der Waals surface area contributed by atoms with Gasteiger partial charge in [-0.3, -0.25) is 4.79 Å². The van der Waals surface area contributed by atoms with Crippen molar-refractivity contribution >= 4 is 17.7 Å². The van der Waals surface area contributed by atoms with Crippen molar-refractivity contribution in [3.05, 3.63) is 71.8 Å². The zero-order valence-corrected chi connectivity index (χ0v) is 16.9. The first kappa shape index (κ1) is 19.6. The summed E-state index contributed by atoms with van der Waals surface area (Å²) in [5, 5.41) is 14.6. The molecule has 0 aliphatic heterocycles. The van der Waals surface area contributed by atoms with E-state index >= 15 is 0 Å². The number of carbonyl (C=O) groups excluding carboxylic acids is 1. The van der Waals surface area contributed by atoms with Crippen molar-refractivity contribution in [2.24, 2.45) is 0 Å². The molecule has 2 aromatic carbocycles. The molecule has 4 rings (SSSR count). The Morgan fingerprint density at radius 1 is 1.24 bits per heavy atom. The number of aryl methyl sites for hydroxylation is 1. The molecule has 6 nitrogen and oxygen atoms in total. The summed E-state index contributed by atoms with van der Waals surface area (Å²) >= 11 is 1.81.